The van der Waals surface area contributed by atoms with Crippen molar-refractivity contribution in [2.24, 2.45) is 0 Å². The fourth-order valence-corrected chi connectivity index (χ4v) is 2.16. The zero-order chi connectivity index (χ0) is 15.8. The molecule has 0 atom stereocenters. The van der Waals surface area contributed by atoms with Gasteiger partial charge >= 0.3 is 0 Å². The Kier molecular flexibility index (Phi) is 6.22. The number of benzene rings is 2. The average Bonchev–Trinajstić information content (AvgIpc) is 2.51. The van der Waals surface area contributed by atoms with E-state index in [0.717, 1.165) is 24.7 Å². The second-order valence-electron chi connectivity index (χ2n) is 4.75. The molecule has 0 unspecified atom stereocenters. The first kappa shape index (κ1) is 16.3. The second-order valence-corrected chi connectivity index (χ2v) is 5.16. The van der Waals surface area contributed by atoms with Crippen LogP contribution < -0.4 is 10.1 Å². The van der Waals surface area contributed by atoms with E-state index in [4.69, 9.17) is 16.3 Å². The molecule has 0 radical (unpaired) electrons. The van der Waals surface area contributed by atoms with Crippen molar-refractivity contribution in [1.82, 2.24) is 5.32 Å². The van der Waals surface area contributed by atoms with Crippen LogP contribution in [0.15, 0.2) is 48.5 Å². The Balaban J connectivity index is 1.65. The molecule has 2 rings (SSSR count). The summed E-state index contributed by atoms with van der Waals surface area (Å²) < 4.78 is 18.5. The minimum absolute atomic E-state index is 0.116. The van der Waals surface area contributed by atoms with Crippen LogP contribution in [0.4, 0.5) is 4.39 Å². The lowest BCUT2D eigenvalue weighted by Gasteiger charge is -2.08. The normalized spacial score (nSPS) is 10.3. The van der Waals surface area contributed by atoms with Crippen LogP contribution in [0.1, 0.15) is 23.2 Å². The van der Waals surface area contributed by atoms with Crippen LogP contribution in [-0.2, 0) is 0 Å². The van der Waals surface area contributed by atoms with Crippen LogP contribution in [0.2, 0.25) is 5.02 Å². The summed E-state index contributed by atoms with van der Waals surface area (Å²) in [7, 11) is 0. The Morgan fingerprint density at radius 3 is 2.64 bits per heavy atom. The maximum absolute atomic E-state index is 12.9. The molecular weight excluding hydrogens is 305 g/mol. The molecule has 0 aromatic heterocycles. The van der Waals surface area contributed by atoms with Gasteiger partial charge in [0.25, 0.3) is 5.91 Å². The van der Waals surface area contributed by atoms with Gasteiger partial charge in [-0.3, -0.25) is 4.79 Å². The van der Waals surface area contributed by atoms with Gasteiger partial charge in [-0.25, -0.2) is 4.39 Å². The number of ether oxygens (including phenoxy) is 1. The van der Waals surface area contributed by atoms with Crippen LogP contribution >= 0.6 is 11.6 Å². The van der Waals surface area contributed by atoms with Crippen LogP contribution in [0.25, 0.3) is 0 Å². The number of carbonyl (C=O) groups is 1. The van der Waals surface area contributed by atoms with E-state index >= 15 is 0 Å². The Hall–Kier alpha value is -2.07. The summed E-state index contributed by atoms with van der Waals surface area (Å²) in [5.41, 5.74) is 0.281. The number of hydrogen-bond acceptors (Lipinski definition) is 2. The zero-order valence-corrected chi connectivity index (χ0v) is 12.8. The molecule has 0 fully saturated rings. The van der Waals surface area contributed by atoms with Gasteiger partial charge in [-0.15, -0.1) is 0 Å². The standard InChI is InChI=1S/C17H17ClFNO2/c18-16-12-13(19)8-9-15(16)17(21)20-10-4-5-11-22-14-6-2-1-3-7-14/h1-3,6-9,12H,4-5,10-11H2,(H,20,21). The van der Waals surface area contributed by atoms with Crippen molar-refractivity contribution in [2.45, 2.75) is 12.8 Å². The van der Waals surface area contributed by atoms with E-state index in [9.17, 15) is 9.18 Å². The van der Waals surface area contributed by atoms with Gasteiger partial charge in [0.05, 0.1) is 17.2 Å². The first-order valence-corrected chi connectivity index (χ1v) is 7.46. The van der Waals surface area contributed by atoms with Crippen LogP contribution in [0, 0.1) is 5.82 Å². The SMILES string of the molecule is O=C(NCCCCOc1ccccc1)c1ccc(F)cc1Cl. The van der Waals surface area contributed by atoms with Crippen molar-refractivity contribution in [3.63, 3.8) is 0 Å². The third kappa shape index (κ3) is 5.04. The lowest BCUT2D eigenvalue weighted by atomic mass is 10.2. The number of carbonyl (C=O) groups excluding carboxylic acids is 1. The molecule has 2 aromatic rings. The van der Waals surface area contributed by atoms with Gasteiger partial charge in [-0.05, 0) is 43.2 Å². The predicted octanol–water partition coefficient (Wildman–Crippen LogP) is 4.07. The molecule has 0 bridgehead atoms. The Morgan fingerprint density at radius 2 is 1.91 bits per heavy atom. The number of unbranched alkanes of at least 4 members (excludes halogenated alkanes) is 1. The highest BCUT2D eigenvalue weighted by atomic mass is 35.5. The molecule has 22 heavy (non-hydrogen) atoms. The second kappa shape index (κ2) is 8.39. The summed E-state index contributed by atoms with van der Waals surface area (Å²) in [5, 5.41) is 2.87. The van der Waals surface area contributed by atoms with E-state index in [1.807, 2.05) is 30.3 Å². The lowest BCUT2D eigenvalue weighted by molar-refractivity contribution is 0.0952. The first-order valence-electron chi connectivity index (χ1n) is 7.08. The fraction of sp³-hybridized carbons (Fsp3) is 0.235. The predicted molar refractivity (Wildman–Crippen MR) is 84.9 cm³/mol. The molecule has 5 heteroatoms. The van der Waals surface area contributed by atoms with E-state index in [1.165, 1.54) is 12.1 Å². The molecule has 0 aliphatic carbocycles. The molecule has 2 aromatic carbocycles. The van der Waals surface area contributed by atoms with Gasteiger partial charge in [0.15, 0.2) is 0 Å². The summed E-state index contributed by atoms with van der Waals surface area (Å²) in [6.45, 7) is 1.11. The summed E-state index contributed by atoms with van der Waals surface area (Å²) >= 11 is 5.83. The highest BCUT2D eigenvalue weighted by Gasteiger charge is 2.10. The number of rotatable bonds is 7. The van der Waals surface area contributed by atoms with Gasteiger partial charge < -0.3 is 10.1 Å². The lowest BCUT2D eigenvalue weighted by Crippen LogP contribution is -2.25. The van der Waals surface area contributed by atoms with Gasteiger partial charge in [0.1, 0.15) is 11.6 Å². The topological polar surface area (TPSA) is 38.3 Å². The summed E-state index contributed by atoms with van der Waals surface area (Å²) in [4.78, 5) is 11.9. The zero-order valence-electron chi connectivity index (χ0n) is 12.0. The molecule has 3 nitrogen and oxygen atoms in total. The van der Waals surface area contributed by atoms with Crippen molar-refractivity contribution in [3.05, 3.63) is 64.9 Å². The third-order valence-electron chi connectivity index (χ3n) is 3.04. The average molecular weight is 322 g/mol. The van der Waals surface area contributed by atoms with Gasteiger partial charge in [-0.2, -0.15) is 0 Å². The van der Waals surface area contributed by atoms with Crippen molar-refractivity contribution in [1.29, 1.82) is 0 Å². The van der Waals surface area contributed by atoms with Crippen molar-refractivity contribution < 1.29 is 13.9 Å². The van der Waals surface area contributed by atoms with Crippen LogP contribution in [0.5, 0.6) is 5.75 Å². The van der Waals surface area contributed by atoms with Gasteiger partial charge in [0, 0.05) is 6.54 Å². The molecule has 0 spiro atoms. The van der Waals surface area contributed by atoms with E-state index < -0.39 is 5.82 Å². The molecule has 1 N–H and O–H groups in total. The Bertz CT molecular complexity index is 619. The van der Waals surface area contributed by atoms with E-state index in [0.29, 0.717) is 13.2 Å². The van der Waals surface area contributed by atoms with Crippen LogP contribution in [-0.4, -0.2) is 19.1 Å². The fourth-order valence-electron chi connectivity index (χ4n) is 1.90. The Morgan fingerprint density at radius 1 is 1.14 bits per heavy atom. The summed E-state index contributed by atoms with van der Waals surface area (Å²) in [6, 6.07) is 13.3. The van der Waals surface area contributed by atoms with Crippen molar-refractivity contribution in [2.75, 3.05) is 13.2 Å². The Labute approximate surface area is 134 Å². The molecule has 0 saturated carbocycles. The minimum Gasteiger partial charge on any atom is -0.494 e. The van der Waals surface area contributed by atoms with E-state index in [-0.39, 0.29) is 16.5 Å². The number of para-hydroxylation sites is 1. The van der Waals surface area contributed by atoms with Crippen molar-refractivity contribution >= 4 is 17.5 Å². The highest BCUT2D eigenvalue weighted by molar-refractivity contribution is 6.33. The largest absolute Gasteiger partial charge is 0.494 e. The maximum atomic E-state index is 12.9. The molecule has 0 saturated heterocycles. The minimum atomic E-state index is -0.459. The molecule has 0 aliphatic heterocycles. The molecule has 0 heterocycles. The van der Waals surface area contributed by atoms with E-state index in [1.54, 1.807) is 0 Å². The molecule has 1 amide bonds. The van der Waals surface area contributed by atoms with E-state index in [2.05, 4.69) is 5.32 Å². The third-order valence-corrected chi connectivity index (χ3v) is 3.36. The number of nitrogens with one attached hydrogen (secondary N) is 1. The monoisotopic (exact) mass is 321 g/mol. The van der Waals surface area contributed by atoms with Gasteiger partial charge in [-0.1, -0.05) is 29.8 Å². The number of halogens is 2. The van der Waals surface area contributed by atoms with Crippen LogP contribution in [0.3, 0.4) is 0 Å². The maximum Gasteiger partial charge on any atom is 0.252 e. The number of hydrogen-bond donors (Lipinski definition) is 1. The first-order chi connectivity index (χ1) is 10.7. The smallest absolute Gasteiger partial charge is 0.252 e. The molecular formula is C17H17ClFNO2. The quantitative estimate of drug-likeness (QED) is 0.781. The summed E-state index contributed by atoms with van der Waals surface area (Å²) in [6.07, 6.45) is 1.61. The van der Waals surface area contributed by atoms with Crippen molar-refractivity contribution in [3.8, 4) is 5.75 Å². The highest BCUT2D eigenvalue weighted by Crippen LogP contribution is 2.17. The summed E-state index contributed by atoms with van der Waals surface area (Å²) in [5.74, 6) is 0.0817. The molecule has 116 valence electrons. The van der Waals surface area contributed by atoms with Gasteiger partial charge in [0.2, 0.25) is 0 Å². The molecule has 0 aliphatic rings. The number of amides is 1.